The first-order valence-corrected chi connectivity index (χ1v) is 9.18. The third kappa shape index (κ3) is 3.09. The van der Waals surface area contributed by atoms with E-state index in [2.05, 4.69) is 44.4 Å². The minimum atomic E-state index is 0.747. The van der Waals surface area contributed by atoms with Gasteiger partial charge in [0.2, 0.25) is 0 Å². The maximum atomic E-state index is 4.41. The molecule has 4 rings (SSSR count). The Kier molecular flexibility index (Phi) is 4.24. The van der Waals surface area contributed by atoms with Gasteiger partial charge in [-0.3, -0.25) is 9.80 Å². The van der Waals surface area contributed by atoms with Crippen molar-refractivity contribution in [3.63, 3.8) is 0 Å². The zero-order chi connectivity index (χ0) is 14.8. The van der Waals surface area contributed by atoms with Crippen molar-refractivity contribution in [1.82, 2.24) is 14.8 Å². The number of benzene rings is 1. The van der Waals surface area contributed by atoms with Gasteiger partial charge in [0.15, 0.2) is 0 Å². The van der Waals surface area contributed by atoms with Crippen LogP contribution in [-0.4, -0.2) is 47.0 Å². The van der Waals surface area contributed by atoms with Gasteiger partial charge < -0.3 is 0 Å². The summed E-state index contributed by atoms with van der Waals surface area (Å²) < 4.78 is 0. The number of aryl methyl sites for hydroxylation is 1. The zero-order valence-corrected chi connectivity index (χ0v) is 13.8. The summed E-state index contributed by atoms with van der Waals surface area (Å²) in [5.41, 5.74) is 3.14. The maximum absolute atomic E-state index is 4.41. The number of aromatic nitrogens is 1. The highest BCUT2D eigenvalue weighted by molar-refractivity contribution is 7.09. The lowest BCUT2D eigenvalue weighted by Crippen LogP contribution is -2.51. The van der Waals surface area contributed by atoms with Crippen LogP contribution in [-0.2, 0) is 19.4 Å². The Balaban J connectivity index is 1.32. The fourth-order valence-electron chi connectivity index (χ4n) is 3.80. The fourth-order valence-corrected chi connectivity index (χ4v) is 4.46. The first kappa shape index (κ1) is 14.4. The summed E-state index contributed by atoms with van der Waals surface area (Å²) in [5.74, 6) is 0. The average Bonchev–Trinajstić information content (AvgIpc) is 3.08. The lowest BCUT2D eigenvalue weighted by Gasteiger charge is -2.41. The number of hydrogen-bond donors (Lipinski definition) is 0. The van der Waals surface area contributed by atoms with Crippen molar-refractivity contribution in [3.05, 3.63) is 52.0 Å². The van der Waals surface area contributed by atoms with Crippen molar-refractivity contribution in [2.45, 2.75) is 31.8 Å². The Hall–Kier alpha value is -1.23. The van der Waals surface area contributed by atoms with Crippen LogP contribution in [0.1, 0.15) is 22.6 Å². The smallest absolute Gasteiger partial charge is 0.107 e. The molecule has 0 radical (unpaired) electrons. The molecule has 2 aliphatic rings. The number of fused-ring (bicyclic) bond motifs is 1. The van der Waals surface area contributed by atoms with E-state index in [4.69, 9.17) is 0 Å². The van der Waals surface area contributed by atoms with E-state index in [1.54, 1.807) is 22.5 Å². The van der Waals surface area contributed by atoms with Gasteiger partial charge in [0.25, 0.3) is 0 Å². The second-order valence-electron chi connectivity index (χ2n) is 6.40. The van der Waals surface area contributed by atoms with E-state index >= 15 is 0 Å². The van der Waals surface area contributed by atoms with Crippen LogP contribution >= 0.6 is 11.3 Å². The first-order valence-electron chi connectivity index (χ1n) is 8.30. The average molecular weight is 313 g/mol. The van der Waals surface area contributed by atoms with Gasteiger partial charge in [0.1, 0.15) is 5.01 Å². The maximum Gasteiger partial charge on any atom is 0.107 e. The minimum absolute atomic E-state index is 0.747. The van der Waals surface area contributed by atoms with E-state index in [1.165, 1.54) is 50.4 Å². The summed E-state index contributed by atoms with van der Waals surface area (Å²) in [5, 5.41) is 3.32. The topological polar surface area (TPSA) is 19.4 Å². The molecule has 0 bridgehead atoms. The van der Waals surface area contributed by atoms with Crippen LogP contribution in [0.5, 0.6) is 0 Å². The van der Waals surface area contributed by atoms with Gasteiger partial charge in [0.05, 0.1) is 6.54 Å². The third-order valence-corrected chi connectivity index (χ3v) is 5.85. The van der Waals surface area contributed by atoms with Crippen molar-refractivity contribution in [1.29, 1.82) is 0 Å². The lowest BCUT2D eigenvalue weighted by atomic mass is 9.87. The van der Waals surface area contributed by atoms with Crippen molar-refractivity contribution >= 4 is 11.3 Å². The number of nitrogens with zero attached hydrogens (tertiary/aromatic N) is 3. The number of thiazole rings is 1. The van der Waals surface area contributed by atoms with Crippen LogP contribution in [0.2, 0.25) is 0 Å². The molecule has 2 aromatic rings. The van der Waals surface area contributed by atoms with E-state index < -0.39 is 0 Å². The third-order valence-electron chi connectivity index (χ3n) is 5.09. The van der Waals surface area contributed by atoms with Crippen LogP contribution < -0.4 is 0 Å². The van der Waals surface area contributed by atoms with E-state index in [9.17, 15) is 0 Å². The van der Waals surface area contributed by atoms with Crippen LogP contribution in [0.3, 0.4) is 0 Å². The van der Waals surface area contributed by atoms with Crippen LogP contribution in [0.25, 0.3) is 0 Å². The second-order valence-corrected chi connectivity index (χ2v) is 7.38. The molecule has 1 aromatic carbocycles. The summed E-state index contributed by atoms with van der Waals surface area (Å²) in [6.07, 6.45) is 5.72. The largest absolute Gasteiger partial charge is 0.298 e. The van der Waals surface area contributed by atoms with Gasteiger partial charge in [-0.15, -0.1) is 11.3 Å². The Bertz CT molecular complexity index is 603. The molecule has 0 spiro atoms. The molecule has 1 fully saturated rings. The molecular weight excluding hydrogens is 290 g/mol. The molecule has 1 unspecified atom stereocenters. The van der Waals surface area contributed by atoms with Crippen molar-refractivity contribution in [2.75, 3.05) is 26.2 Å². The van der Waals surface area contributed by atoms with Gasteiger partial charge in [-0.05, 0) is 30.4 Å². The summed E-state index contributed by atoms with van der Waals surface area (Å²) >= 11 is 1.77. The predicted octanol–water partition coefficient (Wildman–Crippen LogP) is 2.82. The molecule has 1 aliphatic heterocycles. The highest BCUT2D eigenvalue weighted by atomic mass is 32.1. The molecule has 0 N–H and O–H groups in total. The van der Waals surface area contributed by atoms with Gasteiger partial charge >= 0.3 is 0 Å². The number of rotatable bonds is 3. The Morgan fingerprint density at radius 1 is 1.09 bits per heavy atom. The standard InChI is InChI=1S/C18H23N3S/c1-2-4-16-13-17(6-5-15(16)3-1)21-10-8-20(9-11-21)14-18-19-7-12-22-18/h1-4,7,12,17H,5-6,8-11,13-14H2. The van der Waals surface area contributed by atoms with Gasteiger partial charge in [-0.2, -0.15) is 0 Å². The SMILES string of the molecule is c1ccc2c(c1)CCC(N1CCN(Cc3nccs3)CC1)C2. The van der Waals surface area contributed by atoms with Crippen LogP contribution in [0, 0.1) is 0 Å². The summed E-state index contributed by atoms with van der Waals surface area (Å²) in [4.78, 5) is 9.67. The van der Waals surface area contributed by atoms with E-state index in [-0.39, 0.29) is 0 Å². The molecule has 0 saturated carbocycles. The molecule has 1 saturated heterocycles. The van der Waals surface area contributed by atoms with Gasteiger partial charge in [-0.1, -0.05) is 24.3 Å². The van der Waals surface area contributed by atoms with Crippen LogP contribution in [0.15, 0.2) is 35.8 Å². The van der Waals surface area contributed by atoms with Crippen molar-refractivity contribution in [2.24, 2.45) is 0 Å². The highest BCUT2D eigenvalue weighted by Crippen LogP contribution is 2.25. The molecule has 1 aliphatic carbocycles. The summed E-state index contributed by atoms with van der Waals surface area (Å²) in [7, 11) is 0. The minimum Gasteiger partial charge on any atom is -0.298 e. The molecule has 0 amide bonds. The first-order chi connectivity index (χ1) is 10.9. The van der Waals surface area contributed by atoms with E-state index in [0.717, 1.165) is 12.6 Å². The molecule has 1 aromatic heterocycles. The van der Waals surface area contributed by atoms with Gasteiger partial charge in [-0.25, -0.2) is 4.98 Å². The summed E-state index contributed by atoms with van der Waals surface area (Å²) in [6.45, 7) is 5.80. The highest BCUT2D eigenvalue weighted by Gasteiger charge is 2.27. The molecule has 116 valence electrons. The van der Waals surface area contributed by atoms with Crippen molar-refractivity contribution < 1.29 is 0 Å². The molecule has 1 atom stereocenters. The fraction of sp³-hybridized carbons (Fsp3) is 0.500. The Morgan fingerprint density at radius 3 is 2.68 bits per heavy atom. The second kappa shape index (κ2) is 6.49. The number of hydrogen-bond acceptors (Lipinski definition) is 4. The predicted molar refractivity (Wildman–Crippen MR) is 91.2 cm³/mol. The molecular formula is C18H23N3S. The molecule has 4 heteroatoms. The summed E-state index contributed by atoms with van der Waals surface area (Å²) in [6, 6.07) is 9.73. The zero-order valence-electron chi connectivity index (χ0n) is 12.9. The Labute approximate surface area is 136 Å². The van der Waals surface area contributed by atoms with E-state index in [1.807, 2.05) is 6.20 Å². The number of piperazine rings is 1. The monoisotopic (exact) mass is 313 g/mol. The normalized spacial score (nSPS) is 23.4. The van der Waals surface area contributed by atoms with Gasteiger partial charge in [0, 0.05) is 43.8 Å². The lowest BCUT2D eigenvalue weighted by molar-refractivity contribution is 0.0856. The molecule has 3 nitrogen and oxygen atoms in total. The molecule has 2 heterocycles. The quantitative estimate of drug-likeness (QED) is 0.868. The van der Waals surface area contributed by atoms with Crippen molar-refractivity contribution in [3.8, 4) is 0 Å². The Morgan fingerprint density at radius 2 is 1.91 bits per heavy atom. The molecule has 22 heavy (non-hydrogen) atoms. The van der Waals surface area contributed by atoms with Crippen LogP contribution in [0.4, 0.5) is 0 Å². The van der Waals surface area contributed by atoms with E-state index in [0.29, 0.717) is 0 Å².